The molecule has 4 aromatic rings. The maximum atomic E-state index is 14.4. The molecule has 1 aliphatic rings. The normalized spacial score (nSPS) is 13.9. The van der Waals surface area contributed by atoms with E-state index < -0.39 is 28.5 Å². The highest BCUT2D eigenvalue weighted by Crippen LogP contribution is 2.30. The van der Waals surface area contributed by atoms with Crippen LogP contribution in [-0.2, 0) is 26.2 Å². The molecule has 11 heteroatoms. The van der Waals surface area contributed by atoms with E-state index in [4.69, 9.17) is 27.9 Å². The van der Waals surface area contributed by atoms with Gasteiger partial charge in [-0.05, 0) is 92.4 Å². The third-order valence-electron chi connectivity index (χ3n) is 8.42. The summed E-state index contributed by atoms with van der Waals surface area (Å²) >= 11 is 12.5. The number of hydrogen-bond acceptors (Lipinski definition) is 5. The van der Waals surface area contributed by atoms with Crippen molar-refractivity contribution in [3.05, 3.63) is 118 Å². The van der Waals surface area contributed by atoms with Crippen LogP contribution in [0.25, 0.3) is 0 Å². The van der Waals surface area contributed by atoms with E-state index in [-0.39, 0.29) is 29.1 Å². The summed E-state index contributed by atoms with van der Waals surface area (Å²) in [5.41, 5.74) is 1.81. The number of anilines is 1. The molecule has 0 unspecified atom stereocenters. The van der Waals surface area contributed by atoms with Crippen LogP contribution in [0, 0.1) is 6.92 Å². The molecule has 1 saturated carbocycles. The fourth-order valence-electron chi connectivity index (χ4n) is 5.79. The number of aryl methyl sites for hydroxylation is 1. The number of nitrogens with one attached hydrogen (secondary N) is 1. The van der Waals surface area contributed by atoms with Gasteiger partial charge in [0.05, 0.1) is 20.6 Å². The van der Waals surface area contributed by atoms with Crippen molar-refractivity contribution in [1.29, 1.82) is 0 Å². The van der Waals surface area contributed by atoms with Gasteiger partial charge in [-0.3, -0.25) is 13.9 Å². The second kappa shape index (κ2) is 15.9. The standard InChI is InChI=1S/C37H39Cl2N3O5S/c1-3-35(37(44)40-28-9-7-8-10-28)41(24-27-15-22-33(38)34(39)23-27)36(43)25-42(48(45,46)32-20-13-26(2)14-21-32)29-16-18-31(19-17-29)47-30-11-5-4-6-12-30/h4-6,11-23,28,35H,3,7-10,24-25H2,1-2H3,(H,40,44)/t35-/m1/s1. The fourth-order valence-corrected chi connectivity index (χ4v) is 7.53. The second-order valence-electron chi connectivity index (χ2n) is 11.9. The zero-order valence-corrected chi connectivity index (χ0v) is 29.3. The molecule has 48 heavy (non-hydrogen) atoms. The minimum absolute atomic E-state index is 0.0224. The van der Waals surface area contributed by atoms with Gasteiger partial charge < -0.3 is 15.0 Å². The maximum absolute atomic E-state index is 14.4. The Morgan fingerprint density at radius 3 is 2.15 bits per heavy atom. The summed E-state index contributed by atoms with van der Waals surface area (Å²) in [5.74, 6) is 0.312. The lowest BCUT2D eigenvalue weighted by Crippen LogP contribution is -2.53. The highest BCUT2D eigenvalue weighted by molar-refractivity contribution is 7.92. The number of amides is 2. The number of carbonyl (C=O) groups excluding carboxylic acids is 2. The molecular weight excluding hydrogens is 669 g/mol. The molecule has 1 atom stereocenters. The first-order chi connectivity index (χ1) is 23.0. The van der Waals surface area contributed by atoms with Gasteiger partial charge in [0, 0.05) is 12.6 Å². The average Bonchev–Trinajstić information content (AvgIpc) is 3.59. The van der Waals surface area contributed by atoms with Gasteiger partial charge >= 0.3 is 0 Å². The summed E-state index contributed by atoms with van der Waals surface area (Å²) in [7, 11) is -4.22. The summed E-state index contributed by atoms with van der Waals surface area (Å²) in [6.45, 7) is 3.17. The Balaban J connectivity index is 1.50. The van der Waals surface area contributed by atoms with Gasteiger partial charge in [-0.25, -0.2) is 8.42 Å². The van der Waals surface area contributed by atoms with Crippen LogP contribution in [0.2, 0.25) is 10.0 Å². The number of nitrogens with zero attached hydrogens (tertiary/aromatic N) is 2. The predicted octanol–water partition coefficient (Wildman–Crippen LogP) is 8.16. The van der Waals surface area contributed by atoms with Crippen LogP contribution < -0.4 is 14.4 Å². The number of sulfonamides is 1. The first-order valence-electron chi connectivity index (χ1n) is 16.0. The van der Waals surface area contributed by atoms with E-state index in [1.807, 2.05) is 44.2 Å². The SMILES string of the molecule is CC[C@H](C(=O)NC1CCCC1)N(Cc1ccc(Cl)c(Cl)c1)C(=O)CN(c1ccc(Oc2ccccc2)cc1)S(=O)(=O)c1ccc(C)cc1. The zero-order valence-electron chi connectivity index (χ0n) is 26.9. The van der Waals surface area contributed by atoms with Gasteiger partial charge in [0.1, 0.15) is 24.1 Å². The molecular formula is C37H39Cl2N3O5S. The van der Waals surface area contributed by atoms with Gasteiger partial charge in [-0.1, -0.05) is 84.9 Å². The van der Waals surface area contributed by atoms with Crippen LogP contribution in [0.15, 0.2) is 102 Å². The zero-order chi connectivity index (χ0) is 34.3. The number of carbonyl (C=O) groups is 2. The number of benzene rings is 4. The summed E-state index contributed by atoms with van der Waals surface area (Å²) in [5, 5.41) is 3.79. The molecule has 0 spiro atoms. The van der Waals surface area contributed by atoms with Crippen molar-refractivity contribution in [1.82, 2.24) is 10.2 Å². The molecule has 0 bridgehead atoms. The van der Waals surface area contributed by atoms with E-state index in [0.717, 1.165) is 35.6 Å². The van der Waals surface area contributed by atoms with E-state index in [0.29, 0.717) is 33.5 Å². The Morgan fingerprint density at radius 2 is 1.52 bits per heavy atom. The number of hydrogen-bond donors (Lipinski definition) is 1. The summed E-state index contributed by atoms with van der Waals surface area (Å²) < 4.78 is 35.5. The number of halogens is 2. The van der Waals surface area contributed by atoms with Crippen molar-refractivity contribution in [3.8, 4) is 11.5 Å². The topological polar surface area (TPSA) is 96.0 Å². The molecule has 0 aromatic heterocycles. The Kier molecular flexibility index (Phi) is 11.7. The first kappa shape index (κ1) is 35.3. The summed E-state index contributed by atoms with van der Waals surface area (Å²) in [6.07, 6.45) is 4.16. The molecule has 8 nitrogen and oxygen atoms in total. The molecule has 2 amide bonds. The van der Waals surface area contributed by atoms with E-state index >= 15 is 0 Å². The lowest BCUT2D eigenvalue weighted by atomic mass is 10.1. The van der Waals surface area contributed by atoms with Gasteiger partial charge in [0.2, 0.25) is 11.8 Å². The van der Waals surface area contributed by atoms with E-state index in [2.05, 4.69) is 5.32 Å². The predicted molar refractivity (Wildman–Crippen MR) is 190 cm³/mol. The molecule has 5 rings (SSSR count). The number of para-hydroxylation sites is 1. The van der Waals surface area contributed by atoms with Crippen molar-refractivity contribution in [2.75, 3.05) is 10.8 Å². The van der Waals surface area contributed by atoms with Crippen LogP contribution in [0.3, 0.4) is 0 Å². The van der Waals surface area contributed by atoms with Gasteiger partial charge in [-0.15, -0.1) is 0 Å². The van der Waals surface area contributed by atoms with Gasteiger partial charge in [-0.2, -0.15) is 0 Å². The van der Waals surface area contributed by atoms with Crippen LogP contribution in [-0.4, -0.2) is 43.8 Å². The van der Waals surface area contributed by atoms with E-state index in [1.54, 1.807) is 54.6 Å². The van der Waals surface area contributed by atoms with Crippen molar-refractivity contribution >= 4 is 50.7 Å². The smallest absolute Gasteiger partial charge is 0.264 e. The van der Waals surface area contributed by atoms with Crippen LogP contribution in [0.4, 0.5) is 5.69 Å². The minimum Gasteiger partial charge on any atom is -0.457 e. The van der Waals surface area contributed by atoms with Gasteiger partial charge in [0.25, 0.3) is 10.0 Å². The molecule has 0 saturated heterocycles. The number of rotatable bonds is 13. The second-order valence-corrected chi connectivity index (χ2v) is 14.6. The summed E-state index contributed by atoms with van der Waals surface area (Å²) in [6, 6.07) is 26.4. The Hall–Kier alpha value is -4.05. The van der Waals surface area contributed by atoms with E-state index in [9.17, 15) is 18.0 Å². The average molecular weight is 709 g/mol. The van der Waals surface area contributed by atoms with Crippen molar-refractivity contribution in [2.24, 2.45) is 0 Å². The molecule has 1 fully saturated rings. The third kappa shape index (κ3) is 8.69. The molecule has 252 valence electrons. The first-order valence-corrected chi connectivity index (χ1v) is 18.2. The highest BCUT2D eigenvalue weighted by atomic mass is 35.5. The van der Waals surface area contributed by atoms with Gasteiger partial charge in [0.15, 0.2) is 0 Å². The van der Waals surface area contributed by atoms with Crippen LogP contribution in [0.1, 0.15) is 50.2 Å². The largest absolute Gasteiger partial charge is 0.457 e. The molecule has 0 heterocycles. The Labute approximate surface area is 292 Å². The van der Waals surface area contributed by atoms with E-state index in [1.165, 1.54) is 17.0 Å². The van der Waals surface area contributed by atoms with Crippen molar-refractivity contribution in [2.45, 2.75) is 69.5 Å². The minimum atomic E-state index is -4.22. The molecule has 1 aliphatic carbocycles. The quantitative estimate of drug-likeness (QED) is 0.151. The molecule has 4 aromatic carbocycles. The summed E-state index contributed by atoms with van der Waals surface area (Å²) in [4.78, 5) is 29.6. The molecule has 0 radical (unpaired) electrons. The Bertz CT molecular complexity index is 1810. The van der Waals surface area contributed by atoms with Crippen LogP contribution >= 0.6 is 23.2 Å². The number of ether oxygens (including phenoxy) is 1. The lowest BCUT2D eigenvalue weighted by molar-refractivity contribution is -0.140. The van der Waals surface area contributed by atoms with Crippen molar-refractivity contribution in [3.63, 3.8) is 0 Å². The molecule has 0 aliphatic heterocycles. The molecule has 1 N–H and O–H groups in total. The third-order valence-corrected chi connectivity index (χ3v) is 10.9. The Morgan fingerprint density at radius 1 is 0.875 bits per heavy atom. The maximum Gasteiger partial charge on any atom is 0.264 e. The highest BCUT2D eigenvalue weighted by Gasteiger charge is 2.34. The van der Waals surface area contributed by atoms with Crippen molar-refractivity contribution < 1.29 is 22.7 Å². The fraction of sp³-hybridized carbons (Fsp3) is 0.297. The lowest BCUT2D eigenvalue weighted by Gasteiger charge is -2.34. The van der Waals surface area contributed by atoms with Crippen LogP contribution in [0.5, 0.6) is 11.5 Å². The monoisotopic (exact) mass is 707 g/mol.